The number of hydrogen-bond donors (Lipinski definition) is 1. The van der Waals surface area contributed by atoms with Crippen LogP contribution in [0.3, 0.4) is 0 Å². The van der Waals surface area contributed by atoms with E-state index < -0.39 is 5.82 Å². The molecule has 1 aromatic heterocycles. The van der Waals surface area contributed by atoms with Gasteiger partial charge in [-0.25, -0.2) is 9.37 Å². The highest BCUT2D eigenvalue weighted by Gasteiger charge is 2.26. The number of hydrogen-bond acceptors (Lipinski definition) is 3. The molecule has 130 valence electrons. The lowest BCUT2D eigenvalue weighted by Crippen LogP contribution is -2.24. The number of rotatable bonds is 3. The summed E-state index contributed by atoms with van der Waals surface area (Å²) in [7, 11) is 0. The van der Waals surface area contributed by atoms with Crippen LogP contribution in [0, 0.1) is 5.82 Å². The number of nitrogens with one attached hydrogen (secondary N) is 1. The first-order valence-electron chi connectivity index (χ1n) is 8.52. The molecule has 0 spiro atoms. The number of carbonyl (C=O) groups excluding carboxylic acids is 1. The average molecular weight is 347 g/mol. The Hall–Kier alpha value is -3.21. The molecule has 2 aromatic carbocycles. The first-order valence-corrected chi connectivity index (χ1v) is 8.52. The van der Waals surface area contributed by atoms with Crippen molar-refractivity contribution in [2.45, 2.75) is 19.4 Å². The maximum Gasteiger partial charge on any atom is 0.256 e. The van der Waals surface area contributed by atoms with E-state index in [0.29, 0.717) is 11.9 Å². The number of amides is 1. The van der Waals surface area contributed by atoms with Gasteiger partial charge in [0.1, 0.15) is 11.6 Å². The lowest BCUT2D eigenvalue weighted by molar-refractivity contribution is 0.102. The molecule has 5 heteroatoms. The van der Waals surface area contributed by atoms with Gasteiger partial charge in [0, 0.05) is 17.3 Å². The van der Waals surface area contributed by atoms with Crippen molar-refractivity contribution in [3.05, 3.63) is 83.8 Å². The zero-order valence-electron chi connectivity index (χ0n) is 14.3. The molecule has 1 unspecified atom stereocenters. The van der Waals surface area contributed by atoms with Crippen LogP contribution < -0.4 is 10.2 Å². The molecule has 4 rings (SSSR count). The zero-order chi connectivity index (χ0) is 18.1. The van der Waals surface area contributed by atoms with Gasteiger partial charge in [-0.15, -0.1) is 0 Å². The largest absolute Gasteiger partial charge is 0.337 e. The van der Waals surface area contributed by atoms with Crippen LogP contribution in [0.4, 0.5) is 21.6 Å². The zero-order valence-corrected chi connectivity index (χ0v) is 14.3. The van der Waals surface area contributed by atoms with Crippen molar-refractivity contribution in [2.24, 2.45) is 0 Å². The summed E-state index contributed by atoms with van der Waals surface area (Å²) in [4.78, 5) is 18.8. The van der Waals surface area contributed by atoms with Crippen LogP contribution >= 0.6 is 0 Å². The van der Waals surface area contributed by atoms with E-state index in [1.807, 2.05) is 12.1 Å². The number of anilines is 3. The second-order valence-corrected chi connectivity index (χ2v) is 6.42. The normalized spacial score (nSPS) is 15.6. The number of benzene rings is 2. The predicted octanol–water partition coefficient (Wildman–Crippen LogP) is 4.56. The number of aromatic nitrogens is 1. The molecule has 0 saturated heterocycles. The fourth-order valence-corrected chi connectivity index (χ4v) is 3.38. The van der Waals surface area contributed by atoms with Gasteiger partial charge in [-0.3, -0.25) is 4.79 Å². The van der Waals surface area contributed by atoms with Gasteiger partial charge in [-0.05, 0) is 55.3 Å². The minimum atomic E-state index is -0.442. The van der Waals surface area contributed by atoms with E-state index in [1.54, 1.807) is 18.3 Å². The molecule has 1 aliphatic heterocycles. The average Bonchev–Trinajstić information content (AvgIpc) is 2.98. The summed E-state index contributed by atoms with van der Waals surface area (Å²) in [6.07, 6.45) is 2.74. The highest BCUT2D eigenvalue weighted by Crippen LogP contribution is 2.37. The molecule has 3 aromatic rings. The molecule has 1 amide bonds. The molecular weight excluding hydrogens is 329 g/mol. The maximum atomic E-state index is 13.2. The smallest absolute Gasteiger partial charge is 0.256 e. The molecule has 0 radical (unpaired) electrons. The molecule has 2 heterocycles. The molecule has 0 saturated carbocycles. The molecule has 0 bridgehead atoms. The predicted molar refractivity (Wildman–Crippen MR) is 100 cm³/mol. The van der Waals surface area contributed by atoms with E-state index in [9.17, 15) is 9.18 Å². The molecule has 26 heavy (non-hydrogen) atoms. The fraction of sp³-hybridized carbons (Fsp3) is 0.143. The number of nitrogens with zero attached hydrogens (tertiary/aromatic N) is 2. The highest BCUT2D eigenvalue weighted by molar-refractivity contribution is 6.03. The number of halogens is 1. The Morgan fingerprint density at radius 1 is 1.15 bits per heavy atom. The summed E-state index contributed by atoms with van der Waals surface area (Å²) >= 11 is 0. The highest BCUT2D eigenvalue weighted by atomic mass is 19.1. The maximum absolute atomic E-state index is 13.2. The molecule has 0 fully saturated rings. The molecule has 1 aliphatic rings. The summed E-state index contributed by atoms with van der Waals surface area (Å²) in [6, 6.07) is 18.0. The standard InChI is InChI=1S/C21H18FN3O/c1-14-11-15-5-2-3-8-19(15)25(14)18-9-10-20(23-13-18)24-21(26)16-6-4-7-17(22)12-16/h2-10,12-14H,11H2,1H3,(H,23,24,26). The Labute approximate surface area is 151 Å². The van der Waals surface area contributed by atoms with Crippen molar-refractivity contribution in [3.63, 3.8) is 0 Å². The van der Waals surface area contributed by atoms with Crippen LogP contribution in [-0.4, -0.2) is 16.9 Å². The van der Waals surface area contributed by atoms with Gasteiger partial charge in [0.2, 0.25) is 0 Å². The van der Waals surface area contributed by atoms with Crippen LogP contribution in [0.25, 0.3) is 0 Å². The number of fused-ring (bicyclic) bond motifs is 1. The van der Waals surface area contributed by atoms with E-state index in [4.69, 9.17) is 0 Å². The minimum absolute atomic E-state index is 0.262. The second-order valence-electron chi connectivity index (χ2n) is 6.42. The van der Waals surface area contributed by atoms with Crippen LogP contribution in [-0.2, 0) is 6.42 Å². The van der Waals surface area contributed by atoms with Crippen LogP contribution in [0.1, 0.15) is 22.8 Å². The SMILES string of the molecule is CC1Cc2ccccc2N1c1ccc(NC(=O)c2cccc(F)c2)nc1. The molecule has 1 N–H and O–H groups in total. The Bertz CT molecular complexity index is 955. The summed E-state index contributed by atoms with van der Waals surface area (Å²) < 4.78 is 13.2. The van der Waals surface area contributed by atoms with Gasteiger partial charge >= 0.3 is 0 Å². The van der Waals surface area contributed by atoms with Gasteiger partial charge in [-0.2, -0.15) is 0 Å². The topological polar surface area (TPSA) is 45.2 Å². The third kappa shape index (κ3) is 3.04. The Morgan fingerprint density at radius 2 is 2.00 bits per heavy atom. The minimum Gasteiger partial charge on any atom is -0.337 e. The third-order valence-corrected chi connectivity index (χ3v) is 4.56. The van der Waals surface area contributed by atoms with Crippen LogP contribution in [0.15, 0.2) is 66.9 Å². The van der Waals surface area contributed by atoms with Gasteiger partial charge in [0.05, 0.1) is 11.9 Å². The van der Waals surface area contributed by atoms with E-state index in [0.717, 1.165) is 12.1 Å². The van der Waals surface area contributed by atoms with Crippen molar-refractivity contribution in [2.75, 3.05) is 10.2 Å². The van der Waals surface area contributed by atoms with E-state index in [2.05, 4.69) is 40.3 Å². The number of carbonyl (C=O) groups is 1. The summed E-state index contributed by atoms with van der Waals surface area (Å²) in [6.45, 7) is 2.18. The summed E-state index contributed by atoms with van der Waals surface area (Å²) in [5.74, 6) is -0.393. The third-order valence-electron chi connectivity index (χ3n) is 4.56. The van der Waals surface area contributed by atoms with Crippen molar-refractivity contribution in [3.8, 4) is 0 Å². The van der Waals surface area contributed by atoms with Gasteiger partial charge in [-0.1, -0.05) is 24.3 Å². The number of para-hydroxylation sites is 1. The number of pyridine rings is 1. The van der Waals surface area contributed by atoms with Crippen LogP contribution in [0.2, 0.25) is 0 Å². The van der Waals surface area contributed by atoms with E-state index >= 15 is 0 Å². The fourth-order valence-electron chi connectivity index (χ4n) is 3.38. The van der Waals surface area contributed by atoms with Gasteiger partial charge < -0.3 is 10.2 Å². The monoisotopic (exact) mass is 347 g/mol. The van der Waals surface area contributed by atoms with Crippen molar-refractivity contribution in [1.29, 1.82) is 0 Å². The first kappa shape index (κ1) is 16.3. The van der Waals surface area contributed by atoms with Crippen molar-refractivity contribution in [1.82, 2.24) is 4.98 Å². The summed E-state index contributed by atoms with van der Waals surface area (Å²) in [5.41, 5.74) is 3.76. The van der Waals surface area contributed by atoms with Crippen molar-refractivity contribution < 1.29 is 9.18 Å². The first-order chi connectivity index (χ1) is 12.6. The molecular formula is C21H18FN3O. The van der Waals surface area contributed by atoms with Gasteiger partial charge in [0.25, 0.3) is 5.91 Å². The van der Waals surface area contributed by atoms with Crippen LogP contribution in [0.5, 0.6) is 0 Å². The summed E-state index contributed by atoms with van der Waals surface area (Å²) in [5, 5.41) is 2.70. The quantitative estimate of drug-likeness (QED) is 0.756. The second kappa shape index (κ2) is 6.59. The van der Waals surface area contributed by atoms with Gasteiger partial charge in [0.15, 0.2) is 0 Å². The Morgan fingerprint density at radius 3 is 2.77 bits per heavy atom. The molecule has 0 aliphatic carbocycles. The lowest BCUT2D eigenvalue weighted by Gasteiger charge is -2.24. The molecule has 1 atom stereocenters. The lowest BCUT2D eigenvalue weighted by atomic mass is 10.1. The molecule has 4 nitrogen and oxygen atoms in total. The van der Waals surface area contributed by atoms with E-state index in [-0.39, 0.29) is 11.5 Å². The Balaban J connectivity index is 1.53. The Kier molecular flexibility index (Phi) is 4.13. The van der Waals surface area contributed by atoms with Crippen molar-refractivity contribution >= 4 is 23.1 Å². The van der Waals surface area contributed by atoms with E-state index in [1.165, 1.54) is 29.4 Å².